The first-order chi connectivity index (χ1) is 19.0. The molecule has 0 bridgehead atoms. The molecule has 1 atom stereocenters. The molecule has 2 aliphatic rings. The molecule has 0 spiro atoms. The maximum atomic E-state index is 12.3. The number of nitrogens with zero attached hydrogens (tertiary/aromatic N) is 7. The third kappa shape index (κ3) is 5.36. The highest BCUT2D eigenvalue weighted by molar-refractivity contribution is 5.99. The van der Waals surface area contributed by atoms with Crippen LogP contribution in [0.5, 0.6) is 0 Å². The molecule has 1 saturated heterocycles. The first kappa shape index (κ1) is 24.7. The fourth-order valence-electron chi connectivity index (χ4n) is 4.89. The Hall–Kier alpha value is -4.58. The summed E-state index contributed by atoms with van der Waals surface area (Å²) in [7, 11) is 0. The number of amides is 2. The van der Waals surface area contributed by atoms with Gasteiger partial charge in [0.2, 0.25) is 0 Å². The normalized spacial score (nSPS) is 17.0. The van der Waals surface area contributed by atoms with Crippen LogP contribution in [0.3, 0.4) is 0 Å². The lowest BCUT2D eigenvalue weighted by atomic mass is 10.0. The van der Waals surface area contributed by atoms with Crippen LogP contribution in [0.1, 0.15) is 23.9 Å². The second kappa shape index (κ2) is 10.7. The van der Waals surface area contributed by atoms with Gasteiger partial charge in [0.1, 0.15) is 24.2 Å². The van der Waals surface area contributed by atoms with E-state index in [0.717, 1.165) is 48.1 Å². The van der Waals surface area contributed by atoms with Crippen LogP contribution in [-0.2, 0) is 17.7 Å². The summed E-state index contributed by atoms with van der Waals surface area (Å²) in [5.74, 6) is 2.84. The van der Waals surface area contributed by atoms with Gasteiger partial charge in [0, 0.05) is 47.7 Å². The number of anilines is 4. The van der Waals surface area contributed by atoms with E-state index in [1.165, 1.54) is 11.8 Å². The summed E-state index contributed by atoms with van der Waals surface area (Å²) in [6.07, 6.45) is 3.82. The van der Waals surface area contributed by atoms with Gasteiger partial charge in [0.15, 0.2) is 11.6 Å². The largest absolute Gasteiger partial charge is 0.377 e. The van der Waals surface area contributed by atoms with E-state index in [-0.39, 0.29) is 6.04 Å². The van der Waals surface area contributed by atoms with E-state index in [1.54, 1.807) is 12.4 Å². The number of hydrogen-bond donors (Lipinski definition) is 2. The van der Waals surface area contributed by atoms with Crippen molar-refractivity contribution in [3.8, 4) is 11.4 Å². The third-order valence-electron chi connectivity index (χ3n) is 6.88. The van der Waals surface area contributed by atoms with E-state index in [1.807, 2.05) is 37.3 Å². The second-order valence-electron chi connectivity index (χ2n) is 9.64. The maximum Gasteiger partial charge on any atom is 0.324 e. The van der Waals surface area contributed by atoms with E-state index in [9.17, 15) is 4.79 Å². The fraction of sp³-hybridized carbons (Fsp3) is 0.333. The van der Waals surface area contributed by atoms with E-state index in [0.29, 0.717) is 37.1 Å². The molecule has 1 fully saturated rings. The summed E-state index contributed by atoms with van der Waals surface area (Å²) in [4.78, 5) is 35.7. The SMILES string of the molecule is Cc1cc(N2CCc3c(nc(-c4ccc(NC(=O)Nc5ccon5)cc4)nc3N3CCOCC3C)C2)ncn1. The molecule has 3 aromatic heterocycles. The number of aryl methyl sites for hydroxylation is 1. The molecular weight excluding hydrogens is 498 g/mol. The van der Waals surface area contributed by atoms with Crippen molar-refractivity contribution in [1.29, 1.82) is 0 Å². The predicted octanol–water partition coefficient (Wildman–Crippen LogP) is 3.66. The smallest absolute Gasteiger partial charge is 0.324 e. The van der Waals surface area contributed by atoms with Crippen LogP contribution >= 0.6 is 0 Å². The second-order valence-corrected chi connectivity index (χ2v) is 9.64. The number of ether oxygens (including phenoxy) is 1. The lowest BCUT2D eigenvalue weighted by molar-refractivity contribution is 0.0984. The molecule has 5 heterocycles. The molecular formula is C27H29N9O3. The number of benzene rings is 1. The molecule has 0 radical (unpaired) electrons. The van der Waals surface area contributed by atoms with Crippen LogP contribution in [0.25, 0.3) is 11.4 Å². The minimum absolute atomic E-state index is 0.211. The lowest BCUT2D eigenvalue weighted by Crippen LogP contribution is -2.45. The molecule has 12 heteroatoms. The van der Waals surface area contributed by atoms with Gasteiger partial charge in [0.25, 0.3) is 0 Å². The summed E-state index contributed by atoms with van der Waals surface area (Å²) in [5.41, 5.74) is 4.59. The van der Waals surface area contributed by atoms with Crippen LogP contribution in [0, 0.1) is 6.92 Å². The van der Waals surface area contributed by atoms with Crippen molar-refractivity contribution in [2.75, 3.05) is 46.7 Å². The van der Waals surface area contributed by atoms with Crippen molar-refractivity contribution in [2.24, 2.45) is 0 Å². The molecule has 6 rings (SSSR count). The van der Waals surface area contributed by atoms with Crippen LogP contribution in [0.2, 0.25) is 0 Å². The van der Waals surface area contributed by atoms with Crippen LogP contribution in [-0.4, -0.2) is 63.5 Å². The van der Waals surface area contributed by atoms with Crippen molar-refractivity contribution in [3.05, 3.63) is 65.9 Å². The Morgan fingerprint density at radius 2 is 1.95 bits per heavy atom. The molecule has 4 aromatic rings. The monoisotopic (exact) mass is 527 g/mol. The third-order valence-corrected chi connectivity index (χ3v) is 6.88. The van der Waals surface area contributed by atoms with E-state index in [2.05, 4.69) is 42.5 Å². The average Bonchev–Trinajstić information content (AvgIpc) is 3.46. The zero-order chi connectivity index (χ0) is 26.8. The van der Waals surface area contributed by atoms with Gasteiger partial charge in [-0.05, 0) is 44.5 Å². The Morgan fingerprint density at radius 1 is 1.08 bits per heavy atom. The molecule has 2 N–H and O–H groups in total. The Labute approximate surface area is 225 Å². The summed E-state index contributed by atoms with van der Waals surface area (Å²) in [6.45, 7) is 7.71. The molecule has 0 aliphatic carbocycles. The lowest BCUT2D eigenvalue weighted by Gasteiger charge is -2.38. The van der Waals surface area contributed by atoms with Gasteiger partial charge in [0.05, 0.1) is 31.5 Å². The topological polar surface area (TPSA) is 134 Å². The van der Waals surface area contributed by atoms with Gasteiger partial charge in [-0.25, -0.2) is 24.7 Å². The summed E-state index contributed by atoms with van der Waals surface area (Å²) in [6, 6.07) is 10.8. The fourth-order valence-corrected chi connectivity index (χ4v) is 4.89. The van der Waals surface area contributed by atoms with E-state index >= 15 is 0 Å². The Kier molecular flexibility index (Phi) is 6.76. The number of morpholine rings is 1. The van der Waals surface area contributed by atoms with Gasteiger partial charge in [-0.3, -0.25) is 5.32 Å². The van der Waals surface area contributed by atoms with Crippen molar-refractivity contribution in [2.45, 2.75) is 32.9 Å². The maximum absolute atomic E-state index is 12.3. The van der Waals surface area contributed by atoms with E-state index < -0.39 is 6.03 Å². The number of urea groups is 1. The molecule has 12 nitrogen and oxygen atoms in total. The number of hydrogen-bond acceptors (Lipinski definition) is 10. The van der Waals surface area contributed by atoms with E-state index in [4.69, 9.17) is 19.2 Å². The standard InChI is InChI=1S/C27H29N9O3/c1-17-13-24(29-16-28-17)35-9-7-21-22(14-35)31-25(33-26(21)36-10-12-38-15-18(36)2)19-3-5-20(6-4-19)30-27(37)32-23-8-11-39-34-23/h3-6,8,11,13,16,18H,7,9-10,12,14-15H2,1-2H3,(H2,30,32,34,37). The quantitative estimate of drug-likeness (QED) is 0.396. The summed E-state index contributed by atoms with van der Waals surface area (Å²) < 4.78 is 10.4. The molecule has 39 heavy (non-hydrogen) atoms. The predicted molar refractivity (Wildman–Crippen MR) is 146 cm³/mol. The number of fused-ring (bicyclic) bond motifs is 1. The van der Waals surface area contributed by atoms with Crippen LogP contribution < -0.4 is 20.4 Å². The molecule has 0 saturated carbocycles. The number of carbonyl (C=O) groups excluding carboxylic acids is 1. The van der Waals surface area contributed by atoms with Crippen molar-refractivity contribution in [3.63, 3.8) is 0 Å². The Bertz CT molecular complexity index is 1460. The van der Waals surface area contributed by atoms with Gasteiger partial charge < -0.3 is 24.4 Å². The minimum atomic E-state index is -0.412. The zero-order valence-corrected chi connectivity index (χ0v) is 21.8. The van der Waals surface area contributed by atoms with Gasteiger partial charge in [-0.1, -0.05) is 5.16 Å². The zero-order valence-electron chi connectivity index (χ0n) is 21.8. The highest BCUT2D eigenvalue weighted by Gasteiger charge is 2.29. The number of carbonyl (C=O) groups is 1. The molecule has 1 unspecified atom stereocenters. The first-order valence-electron chi connectivity index (χ1n) is 12.9. The van der Waals surface area contributed by atoms with Crippen LogP contribution in [0.15, 0.2) is 53.5 Å². The van der Waals surface area contributed by atoms with Crippen LogP contribution in [0.4, 0.5) is 27.9 Å². The average molecular weight is 528 g/mol. The van der Waals surface area contributed by atoms with Gasteiger partial charge in [-0.2, -0.15) is 0 Å². The molecule has 1 aromatic carbocycles. The molecule has 2 aliphatic heterocycles. The highest BCUT2D eigenvalue weighted by atomic mass is 16.5. The number of nitrogens with one attached hydrogen (secondary N) is 2. The first-order valence-corrected chi connectivity index (χ1v) is 12.9. The highest BCUT2D eigenvalue weighted by Crippen LogP contribution is 2.33. The van der Waals surface area contributed by atoms with Crippen molar-refractivity contribution in [1.82, 2.24) is 25.1 Å². The summed E-state index contributed by atoms with van der Waals surface area (Å²) in [5, 5.41) is 9.09. The Balaban J connectivity index is 1.30. The van der Waals surface area contributed by atoms with Gasteiger partial charge in [-0.15, -0.1) is 0 Å². The molecule has 200 valence electrons. The minimum Gasteiger partial charge on any atom is -0.377 e. The number of rotatable bonds is 5. The molecule has 2 amide bonds. The van der Waals surface area contributed by atoms with Gasteiger partial charge >= 0.3 is 6.03 Å². The number of aromatic nitrogens is 5. The Morgan fingerprint density at radius 3 is 2.72 bits per heavy atom. The summed E-state index contributed by atoms with van der Waals surface area (Å²) >= 11 is 0. The van der Waals surface area contributed by atoms with Crippen molar-refractivity contribution < 1.29 is 14.1 Å². The van der Waals surface area contributed by atoms with Crippen molar-refractivity contribution >= 4 is 29.2 Å².